The van der Waals surface area contributed by atoms with E-state index in [1.54, 1.807) is 12.2 Å². The van der Waals surface area contributed by atoms with Gasteiger partial charge >= 0.3 is 0 Å². The molecular formula is C6H6BrF. The molecule has 0 aliphatic rings. The third-order valence-electron chi connectivity index (χ3n) is 0.523. The fourth-order valence-corrected chi connectivity index (χ4v) is 0.349. The maximum Gasteiger partial charge on any atom is 0.0867 e. The first-order valence-electron chi connectivity index (χ1n) is 2.06. The first-order chi connectivity index (χ1) is 3.81. The van der Waals surface area contributed by atoms with Crippen molar-refractivity contribution in [2.45, 2.75) is 0 Å². The van der Waals surface area contributed by atoms with Gasteiger partial charge in [0.05, 0.1) is 6.33 Å². The summed E-state index contributed by atoms with van der Waals surface area (Å²) in [6.07, 6.45) is 4.89. The van der Waals surface area contributed by atoms with Gasteiger partial charge in [-0.1, -0.05) is 28.6 Å². The molecule has 0 bridgehead atoms. The van der Waals surface area contributed by atoms with Gasteiger partial charge in [-0.15, -0.1) is 0 Å². The van der Waals surface area contributed by atoms with Crippen molar-refractivity contribution in [3.63, 3.8) is 0 Å². The number of halogens is 2. The van der Waals surface area contributed by atoms with E-state index in [4.69, 9.17) is 0 Å². The SMILES string of the molecule is C=C/C(Br)=C\C=C\F. The van der Waals surface area contributed by atoms with Crippen LogP contribution >= 0.6 is 15.9 Å². The van der Waals surface area contributed by atoms with Crippen LogP contribution in [0.2, 0.25) is 0 Å². The minimum atomic E-state index is 0.463. The predicted octanol–water partition coefficient (Wildman–Crippen LogP) is 2.93. The number of hydrogen-bond donors (Lipinski definition) is 0. The summed E-state index contributed by atoms with van der Waals surface area (Å²) in [5.41, 5.74) is 0. The van der Waals surface area contributed by atoms with Crippen LogP contribution in [0.3, 0.4) is 0 Å². The van der Waals surface area contributed by atoms with Gasteiger partial charge in [-0.25, -0.2) is 4.39 Å². The monoisotopic (exact) mass is 176 g/mol. The first kappa shape index (κ1) is 7.63. The second-order valence-corrected chi connectivity index (χ2v) is 1.99. The summed E-state index contributed by atoms with van der Waals surface area (Å²) in [7, 11) is 0. The van der Waals surface area contributed by atoms with Crippen molar-refractivity contribution >= 4 is 15.9 Å². The van der Waals surface area contributed by atoms with Crippen molar-refractivity contribution in [3.8, 4) is 0 Å². The highest BCUT2D eigenvalue weighted by Crippen LogP contribution is 2.04. The second kappa shape index (κ2) is 4.78. The highest BCUT2D eigenvalue weighted by atomic mass is 79.9. The van der Waals surface area contributed by atoms with Crippen molar-refractivity contribution < 1.29 is 4.39 Å². The van der Waals surface area contributed by atoms with E-state index in [9.17, 15) is 4.39 Å². The van der Waals surface area contributed by atoms with Gasteiger partial charge in [0.1, 0.15) is 0 Å². The van der Waals surface area contributed by atoms with Crippen molar-refractivity contribution in [1.82, 2.24) is 0 Å². The molecule has 0 nitrogen and oxygen atoms in total. The van der Waals surface area contributed by atoms with Gasteiger partial charge in [-0.05, 0) is 12.2 Å². The minimum absolute atomic E-state index is 0.463. The van der Waals surface area contributed by atoms with E-state index in [2.05, 4.69) is 22.5 Å². The summed E-state index contributed by atoms with van der Waals surface area (Å²) < 4.78 is 12.0. The van der Waals surface area contributed by atoms with Crippen LogP contribution in [-0.4, -0.2) is 0 Å². The zero-order valence-corrected chi connectivity index (χ0v) is 5.86. The molecule has 0 heterocycles. The molecule has 8 heavy (non-hydrogen) atoms. The van der Waals surface area contributed by atoms with E-state index in [-0.39, 0.29) is 0 Å². The van der Waals surface area contributed by atoms with Gasteiger partial charge in [0.15, 0.2) is 0 Å². The van der Waals surface area contributed by atoms with Crippen molar-refractivity contribution in [3.05, 3.63) is 35.6 Å². The fraction of sp³-hybridized carbons (Fsp3) is 0. The van der Waals surface area contributed by atoms with E-state index >= 15 is 0 Å². The lowest BCUT2D eigenvalue weighted by Crippen LogP contribution is -1.53. The quantitative estimate of drug-likeness (QED) is 0.568. The van der Waals surface area contributed by atoms with Crippen molar-refractivity contribution in [2.75, 3.05) is 0 Å². The zero-order chi connectivity index (χ0) is 6.41. The topological polar surface area (TPSA) is 0 Å². The molecule has 0 radical (unpaired) electrons. The van der Waals surface area contributed by atoms with Crippen molar-refractivity contribution in [2.24, 2.45) is 0 Å². The van der Waals surface area contributed by atoms with Gasteiger partial charge in [-0.3, -0.25) is 0 Å². The maximum absolute atomic E-state index is 11.2. The molecule has 0 N–H and O–H groups in total. The van der Waals surface area contributed by atoms with E-state index in [1.165, 1.54) is 6.08 Å². The van der Waals surface area contributed by atoms with E-state index < -0.39 is 0 Å². The average Bonchev–Trinajstić information content (AvgIpc) is 1.83. The molecule has 0 aliphatic heterocycles. The minimum Gasteiger partial charge on any atom is -0.216 e. The zero-order valence-electron chi connectivity index (χ0n) is 4.27. The molecule has 0 saturated heterocycles. The molecule has 0 aromatic rings. The van der Waals surface area contributed by atoms with Crippen LogP contribution in [0.1, 0.15) is 0 Å². The van der Waals surface area contributed by atoms with Crippen LogP contribution in [0.15, 0.2) is 35.6 Å². The summed E-state index contributed by atoms with van der Waals surface area (Å²) in [5.74, 6) is 0. The molecule has 0 amide bonds. The molecule has 0 rings (SSSR count). The van der Waals surface area contributed by atoms with Crippen LogP contribution < -0.4 is 0 Å². The largest absolute Gasteiger partial charge is 0.216 e. The summed E-state index contributed by atoms with van der Waals surface area (Å²) in [6.45, 7) is 3.44. The summed E-state index contributed by atoms with van der Waals surface area (Å²) in [5, 5.41) is 0. The molecular weight excluding hydrogens is 171 g/mol. The van der Waals surface area contributed by atoms with Crippen molar-refractivity contribution in [1.29, 1.82) is 0 Å². The molecule has 0 unspecified atom stereocenters. The second-order valence-electron chi connectivity index (χ2n) is 1.07. The molecule has 0 fully saturated rings. The van der Waals surface area contributed by atoms with Crippen LogP contribution in [0.4, 0.5) is 4.39 Å². The van der Waals surface area contributed by atoms with E-state index in [0.29, 0.717) is 6.33 Å². The molecule has 0 aromatic heterocycles. The summed E-state index contributed by atoms with van der Waals surface area (Å²) in [6, 6.07) is 0. The smallest absolute Gasteiger partial charge is 0.0867 e. The molecule has 0 atom stereocenters. The Hall–Kier alpha value is -0.370. The molecule has 0 aliphatic carbocycles. The summed E-state index contributed by atoms with van der Waals surface area (Å²) >= 11 is 3.10. The lowest BCUT2D eigenvalue weighted by atomic mass is 10.5. The summed E-state index contributed by atoms with van der Waals surface area (Å²) in [4.78, 5) is 0. The maximum atomic E-state index is 11.2. The number of rotatable bonds is 2. The Labute approximate surface area is 56.5 Å². The molecule has 2 heteroatoms. The third-order valence-corrected chi connectivity index (χ3v) is 1.11. The van der Waals surface area contributed by atoms with Gasteiger partial charge in [0, 0.05) is 4.48 Å². The normalized spacial score (nSPS) is 12.5. The molecule has 0 aromatic carbocycles. The fourth-order valence-electron chi connectivity index (χ4n) is 0.196. The Bertz CT molecular complexity index is 124. The predicted molar refractivity (Wildman–Crippen MR) is 37.5 cm³/mol. The standard InChI is InChI=1S/C6H6BrF/c1-2-6(7)4-3-5-8/h2-5H,1H2/b5-3+,6-4+. The lowest BCUT2D eigenvalue weighted by molar-refractivity contribution is 0.721. The highest BCUT2D eigenvalue weighted by Gasteiger charge is 1.73. The Morgan fingerprint density at radius 3 is 2.62 bits per heavy atom. The lowest BCUT2D eigenvalue weighted by Gasteiger charge is -1.77. The first-order valence-corrected chi connectivity index (χ1v) is 2.85. The Kier molecular flexibility index (Phi) is 4.56. The van der Waals surface area contributed by atoms with Crippen LogP contribution in [0.25, 0.3) is 0 Å². The van der Waals surface area contributed by atoms with E-state index in [1.807, 2.05) is 0 Å². The average molecular weight is 177 g/mol. The van der Waals surface area contributed by atoms with Gasteiger partial charge in [-0.2, -0.15) is 0 Å². The Morgan fingerprint density at radius 2 is 2.25 bits per heavy atom. The third kappa shape index (κ3) is 3.81. The Morgan fingerprint density at radius 1 is 1.62 bits per heavy atom. The van der Waals surface area contributed by atoms with Gasteiger partial charge in [0.25, 0.3) is 0 Å². The molecule has 0 spiro atoms. The molecule has 44 valence electrons. The number of hydrogen-bond acceptors (Lipinski definition) is 0. The van der Waals surface area contributed by atoms with Gasteiger partial charge in [0.2, 0.25) is 0 Å². The van der Waals surface area contributed by atoms with Gasteiger partial charge < -0.3 is 0 Å². The Balaban J connectivity index is 3.74. The van der Waals surface area contributed by atoms with Crippen LogP contribution in [0, 0.1) is 0 Å². The van der Waals surface area contributed by atoms with Crippen LogP contribution in [-0.2, 0) is 0 Å². The highest BCUT2D eigenvalue weighted by molar-refractivity contribution is 9.11. The number of allylic oxidation sites excluding steroid dienone is 4. The van der Waals surface area contributed by atoms with E-state index in [0.717, 1.165) is 4.48 Å². The van der Waals surface area contributed by atoms with Crippen LogP contribution in [0.5, 0.6) is 0 Å². The molecule has 0 saturated carbocycles.